The molecule has 37 heavy (non-hydrogen) atoms. The van der Waals surface area contributed by atoms with E-state index in [1.54, 1.807) is 0 Å². The standard InChI is InChI=1S/C31H49N3O3/c1-19(2)34(18-23-15-20(3)17-32-23)29(36)37-33-21(4)26-9-10-27-25-8-7-22-16-24(35)11-13-30(22,5)28(25)12-14-31(26,27)6/h16,19-20,23,25-28,32H,7-15,17-18H2,1-6H3/b33-21+/t20?,23?,25-,26+,27-,28-,30-,31+/m0/s1. The number of fused-ring (bicyclic) bond motifs is 5. The van der Waals surface area contributed by atoms with Crippen LogP contribution in [0.25, 0.3) is 0 Å². The number of rotatable bonds is 5. The number of nitrogens with one attached hydrogen (secondary N) is 1. The summed E-state index contributed by atoms with van der Waals surface area (Å²) in [4.78, 5) is 32.6. The predicted molar refractivity (Wildman–Crippen MR) is 147 cm³/mol. The molecule has 206 valence electrons. The van der Waals surface area contributed by atoms with E-state index in [4.69, 9.17) is 4.84 Å². The van der Waals surface area contributed by atoms with Crippen LogP contribution in [0, 0.1) is 40.4 Å². The van der Waals surface area contributed by atoms with Crippen molar-refractivity contribution in [2.45, 2.75) is 111 Å². The summed E-state index contributed by atoms with van der Waals surface area (Å²) in [5.74, 6) is 3.46. The molecular weight excluding hydrogens is 462 g/mol. The van der Waals surface area contributed by atoms with Crippen molar-refractivity contribution in [2.24, 2.45) is 45.6 Å². The molecule has 1 N–H and O–H groups in total. The summed E-state index contributed by atoms with van der Waals surface area (Å²) in [6, 6.07) is 0.403. The number of carbonyl (C=O) groups excluding carboxylic acids is 2. The van der Waals surface area contributed by atoms with Gasteiger partial charge in [0.15, 0.2) is 5.78 Å². The van der Waals surface area contributed by atoms with Crippen LogP contribution in [0.4, 0.5) is 4.79 Å². The molecule has 4 aliphatic carbocycles. The lowest BCUT2D eigenvalue weighted by Crippen LogP contribution is -2.51. The van der Waals surface area contributed by atoms with Gasteiger partial charge in [-0.15, -0.1) is 0 Å². The number of allylic oxidation sites excluding steroid dienone is 1. The monoisotopic (exact) mass is 511 g/mol. The highest BCUT2D eigenvalue weighted by atomic mass is 16.7. The van der Waals surface area contributed by atoms with Gasteiger partial charge in [0.25, 0.3) is 0 Å². The molecule has 1 heterocycles. The Balaban J connectivity index is 1.26. The van der Waals surface area contributed by atoms with Crippen LogP contribution in [-0.4, -0.2) is 47.7 Å². The quantitative estimate of drug-likeness (QED) is 0.265. The minimum absolute atomic E-state index is 0.0751. The normalized spacial score (nSPS) is 41.6. The molecule has 0 bridgehead atoms. The second-order valence-corrected chi connectivity index (χ2v) is 13.9. The predicted octanol–water partition coefficient (Wildman–Crippen LogP) is 6.36. The second kappa shape index (κ2) is 10.1. The third-order valence-corrected chi connectivity index (χ3v) is 11.5. The van der Waals surface area contributed by atoms with E-state index in [1.165, 1.54) is 31.3 Å². The summed E-state index contributed by atoms with van der Waals surface area (Å²) in [7, 11) is 0. The molecule has 8 atom stereocenters. The molecule has 0 aromatic carbocycles. The van der Waals surface area contributed by atoms with Gasteiger partial charge in [-0.25, -0.2) is 4.79 Å². The van der Waals surface area contributed by atoms with Crippen LogP contribution >= 0.6 is 0 Å². The molecular formula is C31H49N3O3. The first-order valence-electron chi connectivity index (χ1n) is 15.0. The van der Waals surface area contributed by atoms with Crippen LogP contribution in [0.15, 0.2) is 16.8 Å². The van der Waals surface area contributed by atoms with E-state index in [9.17, 15) is 9.59 Å². The number of oxime groups is 1. The zero-order valence-electron chi connectivity index (χ0n) is 24.0. The molecule has 3 saturated carbocycles. The van der Waals surface area contributed by atoms with Crippen LogP contribution < -0.4 is 5.32 Å². The van der Waals surface area contributed by atoms with Gasteiger partial charge in [-0.2, -0.15) is 0 Å². The molecule has 0 spiro atoms. The van der Waals surface area contributed by atoms with Gasteiger partial charge in [0.1, 0.15) is 0 Å². The van der Waals surface area contributed by atoms with E-state index < -0.39 is 0 Å². The molecule has 0 aromatic heterocycles. The molecule has 6 heteroatoms. The molecule has 2 unspecified atom stereocenters. The zero-order chi connectivity index (χ0) is 26.5. The van der Waals surface area contributed by atoms with Crippen LogP contribution in [0.3, 0.4) is 0 Å². The van der Waals surface area contributed by atoms with E-state index >= 15 is 0 Å². The Morgan fingerprint density at radius 3 is 2.65 bits per heavy atom. The fraction of sp³-hybridized carbons (Fsp3) is 0.839. The topological polar surface area (TPSA) is 71.0 Å². The average Bonchev–Trinajstić information content (AvgIpc) is 3.43. The largest absolute Gasteiger partial charge is 0.436 e. The van der Waals surface area contributed by atoms with Gasteiger partial charge in [-0.3, -0.25) is 9.63 Å². The maximum absolute atomic E-state index is 13.1. The van der Waals surface area contributed by atoms with Gasteiger partial charge < -0.3 is 10.2 Å². The Kier molecular flexibility index (Phi) is 7.36. The lowest BCUT2D eigenvalue weighted by molar-refractivity contribution is -0.117. The van der Waals surface area contributed by atoms with Gasteiger partial charge >= 0.3 is 6.09 Å². The van der Waals surface area contributed by atoms with Crippen LogP contribution in [0.2, 0.25) is 0 Å². The van der Waals surface area contributed by atoms with E-state index in [-0.39, 0.29) is 23.0 Å². The fourth-order valence-electron chi connectivity index (χ4n) is 9.37. The van der Waals surface area contributed by atoms with Gasteiger partial charge in [-0.1, -0.05) is 31.5 Å². The van der Waals surface area contributed by atoms with Crippen molar-refractivity contribution < 1.29 is 14.4 Å². The Labute approximate surface area is 224 Å². The maximum Gasteiger partial charge on any atom is 0.436 e. The van der Waals surface area contributed by atoms with E-state index in [2.05, 4.69) is 38.2 Å². The average molecular weight is 512 g/mol. The molecule has 5 rings (SSSR count). The van der Waals surface area contributed by atoms with Crippen LogP contribution in [-0.2, 0) is 9.63 Å². The van der Waals surface area contributed by atoms with Crippen molar-refractivity contribution in [3.8, 4) is 0 Å². The van der Waals surface area contributed by atoms with Crippen molar-refractivity contribution in [2.75, 3.05) is 13.1 Å². The van der Waals surface area contributed by atoms with Crippen LogP contribution in [0.5, 0.6) is 0 Å². The number of hydrogen-bond donors (Lipinski definition) is 1. The molecule has 1 saturated heterocycles. The minimum atomic E-state index is -0.328. The van der Waals surface area contributed by atoms with Crippen molar-refractivity contribution >= 4 is 17.6 Å². The zero-order valence-corrected chi connectivity index (χ0v) is 24.0. The third kappa shape index (κ3) is 4.81. The maximum atomic E-state index is 13.1. The lowest BCUT2D eigenvalue weighted by Gasteiger charge is -2.58. The third-order valence-electron chi connectivity index (χ3n) is 11.5. The molecule has 6 nitrogen and oxygen atoms in total. The van der Waals surface area contributed by atoms with E-state index in [1.807, 2.05) is 24.8 Å². The fourth-order valence-corrected chi connectivity index (χ4v) is 9.37. The second-order valence-electron chi connectivity index (χ2n) is 13.9. The first kappa shape index (κ1) is 26.9. The van der Waals surface area contributed by atoms with E-state index in [0.29, 0.717) is 48.5 Å². The summed E-state index contributed by atoms with van der Waals surface area (Å²) in [5, 5.41) is 8.02. The molecule has 1 amide bonds. The van der Waals surface area contributed by atoms with Gasteiger partial charge in [0, 0.05) is 31.0 Å². The number of nitrogens with zero attached hydrogens (tertiary/aromatic N) is 2. The number of amides is 1. The molecule has 0 aromatic rings. The summed E-state index contributed by atoms with van der Waals surface area (Å²) < 4.78 is 0. The summed E-state index contributed by atoms with van der Waals surface area (Å²) in [6.45, 7) is 15.0. The smallest absolute Gasteiger partial charge is 0.312 e. The summed E-state index contributed by atoms with van der Waals surface area (Å²) in [5.41, 5.74) is 2.84. The van der Waals surface area contributed by atoms with Gasteiger partial charge in [0.05, 0.1) is 5.71 Å². The summed E-state index contributed by atoms with van der Waals surface area (Å²) >= 11 is 0. The first-order chi connectivity index (χ1) is 17.5. The Morgan fingerprint density at radius 1 is 1.16 bits per heavy atom. The van der Waals surface area contributed by atoms with Crippen molar-refractivity contribution in [3.63, 3.8) is 0 Å². The highest BCUT2D eigenvalue weighted by Crippen LogP contribution is 2.66. The summed E-state index contributed by atoms with van der Waals surface area (Å²) in [6.07, 6.45) is 11.6. The molecule has 4 fully saturated rings. The van der Waals surface area contributed by atoms with Gasteiger partial charge in [-0.05, 0) is 119 Å². The van der Waals surface area contributed by atoms with Crippen molar-refractivity contribution in [1.82, 2.24) is 10.2 Å². The number of carbonyl (C=O) groups is 2. The minimum Gasteiger partial charge on any atom is -0.312 e. The molecule has 0 radical (unpaired) electrons. The first-order valence-corrected chi connectivity index (χ1v) is 15.0. The highest BCUT2D eigenvalue weighted by molar-refractivity contribution is 5.91. The molecule has 5 aliphatic rings. The van der Waals surface area contributed by atoms with Crippen LogP contribution in [0.1, 0.15) is 99.3 Å². The Morgan fingerprint density at radius 2 is 1.95 bits per heavy atom. The Bertz CT molecular complexity index is 973. The van der Waals surface area contributed by atoms with Crippen molar-refractivity contribution in [1.29, 1.82) is 0 Å². The Hall–Kier alpha value is -1.69. The molecule has 1 aliphatic heterocycles. The lowest BCUT2D eigenvalue weighted by atomic mass is 9.46. The SMILES string of the molecule is C/C(=N\OC(=O)N(CC1CC(C)CN1)C(C)C)[C@H]1CC[C@H]2[C@@H]3CCC4=CC(=O)CC[C@]4(C)[C@H]3CC[C@]12C. The number of ketones is 1. The number of hydrogen-bond acceptors (Lipinski definition) is 5. The van der Waals surface area contributed by atoms with Crippen molar-refractivity contribution in [3.05, 3.63) is 11.6 Å². The van der Waals surface area contributed by atoms with E-state index in [0.717, 1.165) is 43.9 Å². The van der Waals surface area contributed by atoms with Gasteiger partial charge in [0.2, 0.25) is 0 Å². The highest BCUT2D eigenvalue weighted by Gasteiger charge is 2.59.